The van der Waals surface area contributed by atoms with Gasteiger partial charge in [-0.25, -0.2) is 4.79 Å². The fraction of sp³-hybridized carbons (Fsp3) is 0.667. The van der Waals surface area contributed by atoms with Gasteiger partial charge >= 0.3 is 6.03 Å². The molecule has 1 unspecified atom stereocenters. The summed E-state index contributed by atoms with van der Waals surface area (Å²) in [6.07, 6.45) is 1.69. The third-order valence-corrected chi connectivity index (χ3v) is 3.90. The van der Waals surface area contributed by atoms with Crippen LogP contribution in [0.4, 0.5) is 4.79 Å². The molecule has 0 bridgehead atoms. The quantitative estimate of drug-likeness (QED) is 0.867. The van der Waals surface area contributed by atoms with E-state index in [1.54, 1.807) is 12.0 Å². The maximum Gasteiger partial charge on any atom is 0.318 e. The van der Waals surface area contributed by atoms with Gasteiger partial charge in [0.15, 0.2) is 0 Å². The number of rotatable bonds is 5. The lowest BCUT2D eigenvalue weighted by Crippen LogP contribution is -2.46. The van der Waals surface area contributed by atoms with Gasteiger partial charge in [-0.05, 0) is 37.8 Å². The highest BCUT2D eigenvalue weighted by Gasteiger charge is 2.25. The Balaban J connectivity index is 1.92. The number of carbonyl (C=O) groups is 1. The van der Waals surface area contributed by atoms with Gasteiger partial charge in [0.05, 0.1) is 6.61 Å². The number of nitrogens with one attached hydrogen (secondary N) is 1. The van der Waals surface area contributed by atoms with Crippen LogP contribution < -0.4 is 5.32 Å². The van der Waals surface area contributed by atoms with Crippen molar-refractivity contribution in [3.05, 3.63) is 23.7 Å². The molecule has 2 rings (SSSR count). The molecular formula is C15H24N2O4. The van der Waals surface area contributed by atoms with Crippen LogP contribution in [0, 0.1) is 12.8 Å². The second-order valence-electron chi connectivity index (χ2n) is 5.52. The molecule has 1 fully saturated rings. The van der Waals surface area contributed by atoms with Gasteiger partial charge in [-0.15, -0.1) is 0 Å². The summed E-state index contributed by atoms with van der Waals surface area (Å²) in [6, 6.07) is 3.34. The molecule has 1 saturated heterocycles. The molecule has 0 aliphatic carbocycles. The molecule has 1 atom stereocenters. The fourth-order valence-electron chi connectivity index (χ4n) is 2.56. The van der Waals surface area contributed by atoms with Crippen molar-refractivity contribution in [2.24, 2.45) is 5.92 Å². The lowest BCUT2D eigenvalue weighted by Gasteiger charge is -2.32. The van der Waals surface area contributed by atoms with Crippen LogP contribution in [0.15, 0.2) is 16.5 Å². The van der Waals surface area contributed by atoms with E-state index in [9.17, 15) is 4.79 Å². The topological polar surface area (TPSA) is 74.9 Å². The van der Waals surface area contributed by atoms with E-state index in [-0.39, 0.29) is 18.7 Å². The second-order valence-corrected chi connectivity index (χ2v) is 5.52. The molecule has 1 aromatic rings. The molecule has 1 aromatic heterocycles. The second kappa shape index (κ2) is 7.47. The molecule has 0 aromatic carbocycles. The van der Waals surface area contributed by atoms with Gasteiger partial charge in [0.1, 0.15) is 17.6 Å². The summed E-state index contributed by atoms with van der Waals surface area (Å²) in [6.45, 7) is 3.79. The molecule has 21 heavy (non-hydrogen) atoms. The number of amides is 2. The van der Waals surface area contributed by atoms with Gasteiger partial charge in [-0.3, -0.25) is 0 Å². The smallest absolute Gasteiger partial charge is 0.318 e. The number of aliphatic hydroxyl groups is 1. The first-order valence-corrected chi connectivity index (χ1v) is 7.35. The Labute approximate surface area is 125 Å². The number of likely N-dealkylation sites (tertiary alicyclic amines) is 1. The molecule has 2 heterocycles. The van der Waals surface area contributed by atoms with Crippen LogP contribution in [0.2, 0.25) is 0 Å². The molecule has 0 radical (unpaired) electrons. The van der Waals surface area contributed by atoms with Crippen molar-refractivity contribution < 1.29 is 19.1 Å². The molecule has 118 valence electrons. The van der Waals surface area contributed by atoms with Crippen LogP contribution in [0.3, 0.4) is 0 Å². The Hall–Kier alpha value is -1.53. The standard InChI is InChI=1S/C15H24N2O4/c1-11-3-4-14(21-11)13(10-20-2)16-15(19)17-7-5-12(9-18)6-8-17/h3-4,12-13,18H,5-10H2,1-2H3,(H,16,19). The van der Waals surface area contributed by atoms with E-state index in [4.69, 9.17) is 14.3 Å². The first-order valence-electron chi connectivity index (χ1n) is 7.35. The number of methoxy groups -OCH3 is 1. The van der Waals surface area contributed by atoms with Crippen LogP contribution in [-0.4, -0.2) is 49.5 Å². The molecule has 0 spiro atoms. The zero-order valence-corrected chi connectivity index (χ0v) is 12.7. The number of urea groups is 1. The first kappa shape index (κ1) is 15.9. The van der Waals surface area contributed by atoms with Gasteiger partial charge < -0.3 is 24.5 Å². The average molecular weight is 296 g/mol. The van der Waals surface area contributed by atoms with Crippen molar-refractivity contribution in [1.29, 1.82) is 0 Å². The molecule has 2 amide bonds. The van der Waals surface area contributed by atoms with Gasteiger partial charge in [0.2, 0.25) is 0 Å². The van der Waals surface area contributed by atoms with Gasteiger partial charge in [-0.1, -0.05) is 0 Å². The normalized spacial score (nSPS) is 17.8. The maximum absolute atomic E-state index is 12.3. The van der Waals surface area contributed by atoms with Gasteiger partial charge in [0, 0.05) is 26.8 Å². The maximum atomic E-state index is 12.3. The van der Waals surface area contributed by atoms with Crippen molar-refractivity contribution in [1.82, 2.24) is 10.2 Å². The number of aryl methyl sites for hydroxylation is 1. The van der Waals surface area contributed by atoms with Crippen molar-refractivity contribution in [3.8, 4) is 0 Å². The Bertz CT molecular complexity index is 452. The Morgan fingerprint density at radius 3 is 2.76 bits per heavy atom. The minimum Gasteiger partial charge on any atom is -0.464 e. The van der Waals surface area contributed by atoms with Gasteiger partial charge in [0.25, 0.3) is 0 Å². The summed E-state index contributed by atoms with van der Waals surface area (Å²) in [5.41, 5.74) is 0. The summed E-state index contributed by atoms with van der Waals surface area (Å²) in [5, 5.41) is 12.1. The van der Waals surface area contributed by atoms with E-state index in [1.165, 1.54) is 0 Å². The summed E-state index contributed by atoms with van der Waals surface area (Å²) in [7, 11) is 1.60. The van der Waals surface area contributed by atoms with E-state index < -0.39 is 0 Å². The fourth-order valence-corrected chi connectivity index (χ4v) is 2.56. The number of piperidine rings is 1. The summed E-state index contributed by atoms with van der Waals surface area (Å²) in [5.74, 6) is 1.83. The van der Waals surface area contributed by atoms with Crippen LogP contribution in [-0.2, 0) is 4.74 Å². The van der Waals surface area contributed by atoms with Crippen molar-refractivity contribution in [2.45, 2.75) is 25.8 Å². The molecule has 1 aliphatic rings. The third kappa shape index (κ3) is 4.22. The molecule has 6 heteroatoms. The van der Waals surface area contributed by atoms with E-state index in [1.807, 2.05) is 19.1 Å². The van der Waals surface area contributed by atoms with E-state index >= 15 is 0 Å². The Morgan fingerprint density at radius 2 is 2.24 bits per heavy atom. The number of hydrogen-bond donors (Lipinski definition) is 2. The minimum atomic E-state index is -0.285. The summed E-state index contributed by atoms with van der Waals surface area (Å²) in [4.78, 5) is 14.1. The number of aliphatic hydroxyl groups excluding tert-OH is 1. The molecule has 2 N–H and O–H groups in total. The largest absolute Gasteiger partial charge is 0.464 e. The number of furan rings is 1. The number of nitrogens with zero attached hydrogens (tertiary/aromatic N) is 1. The van der Waals surface area contributed by atoms with Crippen LogP contribution >= 0.6 is 0 Å². The molecule has 1 aliphatic heterocycles. The van der Waals surface area contributed by atoms with Gasteiger partial charge in [-0.2, -0.15) is 0 Å². The van der Waals surface area contributed by atoms with Crippen LogP contribution in [0.25, 0.3) is 0 Å². The highest BCUT2D eigenvalue weighted by molar-refractivity contribution is 5.74. The Morgan fingerprint density at radius 1 is 1.52 bits per heavy atom. The number of ether oxygens (including phenoxy) is 1. The van der Waals surface area contributed by atoms with Crippen LogP contribution in [0.5, 0.6) is 0 Å². The highest BCUT2D eigenvalue weighted by Crippen LogP contribution is 2.19. The lowest BCUT2D eigenvalue weighted by molar-refractivity contribution is 0.124. The monoisotopic (exact) mass is 296 g/mol. The lowest BCUT2D eigenvalue weighted by atomic mass is 9.98. The molecule has 6 nitrogen and oxygen atoms in total. The predicted molar refractivity (Wildman–Crippen MR) is 78.0 cm³/mol. The summed E-state index contributed by atoms with van der Waals surface area (Å²) >= 11 is 0. The number of carbonyl (C=O) groups excluding carboxylic acids is 1. The minimum absolute atomic E-state index is 0.109. The van der Waals surface area contributed by atoms with Crippen molar-refractivity contribution >= 4 is 6.03 Å². The molecular weight excluding hydrogens is 272 g/mol. The molecule has 0 saturated carbocycles. The van der Waals surface area contributed by atoms with Crippen molar-refractivity contribution in [2.75, 3.05) is 33.4 Å². The highest BCUT2D eigenvalue weighted by atomic mass is 16.5. The van der Waals surface area contributed by atoms with Crippen LogP contribution in [0.1, 0.15) is 30.4 Å². The predicted octanol–water partition coefficient (Wildman–Crippen LogP) is 1.69. The SMILES string of the molecule is COCC(NC(=O)N1CCC(CO)CC1)c1ccc(C)o1. The van der Waals surface area contributed by atoms with E-state index in [2.05, 4.69) is 5.32 Å². The third-order valence-electron chi connectivity index (χ3n) is 3.90. The van der Waals surface area contributed by atoms with Crippen molar-refractivity contribution in [3.63, 3.8) is 0 Å². The van der Waals surface area contributed by atoms with E-state index in [0.717, 1.165) is 18.6 Å². The zero-order valence-electron chi connectivity index (χ0n) is 12.7. The summed E-state index contributed by atoms with van der Waals surface area (Å²) < 4.78 is 10.7. The number of hydrogen-bond acceptors (Lipinski definition) is 4. The first-order chi connectivity index (χ1) is 10.1. The zero-order chi connectivity index (χ0) is 15.2. The Kier molecular flexibility index (Phi) is 5.64. The average Bonchev–Trinajstić information content (AvgIpc) is 2.93. The van der Waals surface area contributed by atoms with E-state index in [0.29, 0.717) is 31.4 Å².